The molecule has 4 nitrogen and oxygen atoms in total. The normalized spacial score (nSPS) is 12.7. The van der Waals surface area contributed by atoms with Crippen LogP contribution in [0.1, 0.15) is 37.0 Å². The summed E-state index contributed by atoms with van der Waals surface area (Å²) in [6.07, 6.45) is 1.70. The highest BCUT2D eigenvalue weighted by Crippen LogP contribution is 2.34. The van der Waals surface area contributed by atoms with Crippen LogP contribution in [0.3, 0.4) is 0 Å². The largest absolute Gasteiger partial charge is 0.504 e. The summed E-state index contributed by atoms with van der Waals surface area (Å²) in [4.78, 5) is 0. The summed E-state index contributed by atoms with van der Waals surface area (Å²) >= 11 is 0. The number of aliphatic hydroxyl groups is 1. The lowest BCUT2D eigenvalue weighted by molar-refractivity contribution is 0.185. The number of rotatable bonds is 5. The lowest BCUT2D eigenvalue weighted by Crippen LogP contribution is -2.13. The first kappa shape index (κ1) is 12.8. The molecule has 90 valence electrons. The highest BCUT2D eigenvalue weighted by Gasteiger charge is 2.16. The Hall–Kier alpha value is -1.26. The fourth-order valence-electron chi connectivity index (χ4n) is 1.70. The van der Waals surface area contributed by atoms with Crippen LogP contribution < -0.4 is 5.73 Å². The van der Waals surface area contributed by atoms with Gasteiger partial charge in [-0.05, 0) is 24.5 Å². The Bertz CT molecular complexity index is 352. The second-order valence-electron chi connectivity index (χ2n) is 3.86. The maximum absolute atomic E-state index is 9.75. The van der Waals surface area contributed by atoms with E-state index in [0.29, 0.717) is 17.5 Å². The zero-order chi connectivity index (χ0) is 12.1. The van der Waals surface area contributed by atoms with E-state index in [9.17, 15) is 15.3 Å². The summed E-state index contributed by atoms with van der Waals surface area (Å²) in [7, 11) is 0. The molecule has 0 unspecified atom stereocenters. The molecule has 0 amide bonds. The van der Waals surface area contributed by atoms with Crippen LogP contribution in [0.4, 0.5) is 0 Å². The summed E-state index contributed by atoms with van der Waals surface area (Å²) in [6.45, 7) is 2.14. The van der Waals surface area contributed by atoms with Gasteiger partial charge in [-0.2, -0.15) is 0 Å². The lowest BCUT2D eigenvalue weighted by Gasteiger charge is -2.16. The van der Waals surface area contributed by atoms with Gasteiger partial charge in [0, 0.05) is 12.1 Å². The molecule has 16 heavy (non-hydrogen) atoms. The van der Waals surface area contributed by atoms with Crippen LogP contribution in [-0.4, -0.2) is 21.9 Å². The zero-order valence-electron chi connectivity index (χ0n) is 9.48. The summed E-state index contributed by atoms with van der Waals surface area (Å²) in [5, 5.41) is 28.9. The fraction of sp³-hybridized carbons (Fsp3) is 0.500. The molecule has 0 radical (unpaired) electrons. The molecule has 0 aromatic heterocycles. The first-order valence-corrected chi connectivity index (χ1v) is 5.53. The minimum absolute atomic E-state index is 0.101. The number of aromatic hydroxyl groups is 2. The van der Waals surface area contributed by atoms with Gasteiger partial charge in [0.1, 0.15) is 0 Å². The zero-order valence-corrected chi connectivity index (χ0v) is 9.48. The van der Waals surface area contributed by atoms with Crippen molar-refractivity contribution in [3.8, 4) is 11.5 Å². The van der Waals surface area contributed by atoms with Crippen molar-refractivity contribution < 1.29 is 15.3 Å². The lowest BCUT2D eigenvalue weighted by atomic mass is 9.96. The third-order valence-electron chi connectivity index (χ3n) is 2.66. The number of hydrogen-bond donors (Lipinski definition) is 4. The predicted octanol–water partition coefficient (Wildman–Crippen LogP) is 1.43. The van der Waals surface area contributed by atoms with Crippen molar-refractivity contribution in [3.63, 3.8) is 0 Å². The Morgan fingerprint density at radius 2 is 2.00 bits per heavy atom. The van der Waals surface area contributed by atoms with Gasteiger partial charge in [0.25, 0.3) is 0 Å². The number of hydrogen-bond acceptors (Lipinski definition) is 4. The Kier molecular flexibility index (Phi) is 4.58. The molecule has 0 bridgehead atoms. The maximum atomic E-state index is 9.75. The molecule has 1 atom stereocenters. The second kappa shape index (κ2) is 5.72. The third kappa shape index (κ3) is 2.65. The summed E-state index contributed by atoms with van der Waals surface area (Å²) in [5.74, 6) is -0.294. The molecule has 0 fully saturated rings. The third-order valence-corrected chi connectivity index (χ3v) is 2.66. The standard InChI is InChI=1S/C12H19NO3/c1-2-3-4-9-8(11(15)7-13)5-6-10(14)12(9)16/h5-6,11,14-16H,2-4,7,13H2,1H3/t11-/m0/s1. The van der Waals surface area contributed by atoms with Gasteiger partial charge in [-0.25, -0.2) is 0 Å². The average Bonchev–Trinajstić information content (AvgIpc) is 2.30. The molecule has 0 saturated heterocycles. The van der Waals surface area contributed by atoms with Crippen molar-refractivity contribution in [2.45, 2.75) is 32.3 Å². The topological polar surface area (TPSA) is 86.7 Å². The van der Waals surface area contributed by atoms with E-state index < -0.39 is 6.10 Å². The van der Waals surface area contributed by atoms with Crippen molar-refractivity contribution in [2.75, 3.05) is 6.54 Å². The number of unbranched alkanes of at least 4 members (excludes halogenated alkanes) is 1. The number of phenolic OH excluding ortho intramolecular Hbond substituents is 2. The van der Waals surface area contributed by atoms with Gasteiger partial charge in [-0.3, -0.25) is 0 Å². The van der Waals surface area contributed by atoms with E-state index in [1.165, 1.54) is 6.07 Å². The smallest absolute Gasteiger partial charge is 0.161 e. The molecule has 1 rings (SSSR count). The van der Waals surface area contributed by atoms with E-state index in [-0.39, 0.29) is 18.0 Å². The van der Waals surface area contributed by atoms with E-state index in [2.05, 4.69) is 0 Å². The fourth-order valence-corrected chi connectivity index (χ4v) is 1.70. The predicted molar refractivity (Wildman–Crippen MR) is 62.4 cm³/mol. The van der Waals surface area contributed by atoms with Crippen LogP contribution in [0.15, 0.2) is 12.1 Å². The van der Waals surface area contributed by atoms with E-state index in [0.717, 1.165) is 12.8 Å². The van der Waals surface area contributed by atoms with Crippen LogP contribution in [0.2, 0.25) is 0 Å². The van der Waals surface area contributed by atoms with Gasteiger partial charge >= 0.3 is 0 Å². The van der Waals surface area contributed by atoms with Crippen LogP contribution in [0, 0.1) is 0 Å². The highest BCUT2D eigenvalue weighted by molar-refractivity contribution is 5.49. The molecule has 0 aliphatic carbocycles. The van der Waals surface area contributed by atoms with Gasteiger partial charge in [0.15, 0.2) is 11.5 Å². The van der Waals surface area contributed by atoms with Crippen LogP contribution in [-0.2, 0) is 6.42 Å². The van der Waals surface area contributed by atoms with Crippen molar-refractivity contribution in [1.29, 1.82) is 0 Å². The second-order valence-corrected chi connectivity index (χ2v) is 3.86. The van der Waals surface area contributed by atoms with Crippen molar-refractivity contribution in [3.05, 3.63) is 23.3 Å². The van der Waals surface area contributed by atoms with Crippen molar-refractivity contribution in [1.82, 2.24) is 0 Å². The van der Waals surface area contributed by atoms with E-state index >= 15 is 0 Å². The Labute approximate surface area is 95.3 Å². The van der Waals surface area contributed by atoms with Crippen molar-refractivity contribution >= 4 is 0 Å². The summed E-state index contributed by atoms with van der Waals surface area (Å²) < 4.78 is 0. The van der Waals surface area contributed by atoms with Crippen LogP contribution in [0.5, 0.6) is 11.5 Å². The van der Waals surface area contributed by atoms with E-state index in [4.69, 9.17) is 5.73 Å². The molecule has 0 aliphatic rings. The first-order chi connectivity index (χ1) is 7.61. The monoisotopic (exact) mass is 225 g/mol. The SMILES string of the molecule is CCCCc1c([C@@H](O)CN)ccc(O)c1O. The minimum Gasteiger partial charge on any atom is -0.504 e. The van der Waals surface area contributed by atoms with Crippen molar-refractivity contribution in [2.24, 2.45) is 5.73 Å². The van der Waals surface area contributed by atoms with Gasteiger partial charge in [0.2, 0.25) is 0 Å². The molecule has 0 aliphatic heterocycles. The quantitative estimate of drug-likeness (QED) is 0.571. The Balaban J connectivity index is 3.10. The highest BCUT2D eigenvalue weighted by atomic mass is 16.3. The molecule has 0 heterocycles. The number of phenols is 2. The number of nitrogens with two attached hydrogens (primary N) is 1. The number of aliphatic hydroxyl groups excluding tert-OH is 1. The Morgan fingerprint density at radius 3 is 2.56 bits per heavy atom. The minimum atomic E-state index is -0.793. The molecule has 4 heteroatoms. The van der Waals surface area contributed by atoms with Gasteiger partial charge in [-0.15, -0.1) is 0 Å². The van der Waals surface area contributed by atoms with Gasteiger partial charge in [-0.1, -0.05) is 19.4 Å². The maximum Gasteiger partial charge on any atom is 0.161 e. The van der Waals surface area contributed by atoms with Crippen LogP contribution in [0.25, 0.3) is 0 Å². The van der Waals surface area contributed by atoms with Gasteiger partial charge in [0.05, 0.1) is 6.10 Å². The number of benzene rings is 1. The van der Waals surface area contributed by atoms with E-state index in [1.807, 2.05) is 6.92 Å². The Morgan fingerprint density at radius 1 is 1.31 bits per heavy atom. The molecule has 1 aromatic rings. The molecular formula is C12H19NO3. The molecule has 0 saturated carbocycles. The molecule has 5 N–H and O–H groups in total. The van der Waals surface area contributed by atoms with Crippen LogP contribution >= 0.6 is 0 Å². The summed E-state index contributed by atoms with van der Waals surface area (Å²) in [6, 6.07) is 2.98. The summed E-state index contributed by atoms with van der Waals surface area (Å²) in [5.41, 5.74) is 6.60. The van der Waals surface area contributed by atoms with Gasteiger partial charge < -0.3 is 21.1 Å². The molecule has 1 aromatic carbocycles. The average molecular weight is 225 g/mol. The molecule has 0 spiro atoms. The van der Waals surface area contributed by atoms with E-state index in [1.54, 1.807) is 6.07 Å². The molecular weight excluding hydrogens is 206 g/mol. The first-order valence-electron chi connectivity index (χ1n) is 5.53.